The van der Waals surface area contributed by atoms with E-state index < -0.39 is 6.04 Å². The molecule has 3 rings (SSSR count). The van der Waals surface area contributed by atoms with Crippen LogP contribution in [0.15, 0.2) is 35.8 Å². The first kappa shape index (κ1) is 12.8. The van der Waals surface area contributed by atoms with Gasteiger partial charge in [0, 0.05) is 30.6 Å². The van der Waals surface area contributed by atoms with Crippen LogP contribution in [0.2, 0.25) is 0 Å². The van der Waals surface area contributed by atoms with Gasteiger partial charge < -0.3 is 10.2 Å². The number of carbonyl (C=O) groups excluding carboxylic acids is 2. The summed E-state index contributed by atoms with van der Waals surface area (Å²) in [5.41, 5.74) is 1.59. The number of benzene rings is 1. The fraction of sp³-hybridized carbons (Fsp3) is 0.214. The zero-order valence-corrected chi connectivity index (χ0v) is 11.7. The smallest absolute Gasteiger partial charge is 0.254 e. The second-order valence-corrected chi connectivity index (χ2v) is 5.51. The predicted octanol–water partition coefficient (Wildman–Crippen LogP) is 1.78. The number of rotatable bonds is 2. The molecule has 0 fully saturated rings. The summed E-state index contributed by atoms with van der Waals surface area (Å²) in [6.45, 7) is 0. The molecule has 0 aliphatic carbocycles. The number of aromatic nitrogens is 1. The number of nitrogens with zero attached hydrogens (tertiary/aromatic N) is 2. The number of anilines is 1. The Morgan fingerprint density at radius 1 is 1.45 bits per heavy atom. The summed E-state index contributed by atoms with van der Waals surface area (Å²) in [4.78, 5) is 30.1. The number of hydrogen-bond acceptors (Lipinski definition) is 4. The van der Waals surface area contributed by atoms with Gasteiger partial charge in [0.2, 0.25) is 5.91 Å². The molecule has 2 amide bonds. The van der Waals surface area contributed by atoms with Crippen molar-refractivity contribution in [2.45, 2.75) is 12.5 Å². The maximum absolute atomic E-state index is 12.3. The summed E-state index contributed by atoms with van der Waals surface area (Å²) in [5.74, 6) is -0.323. The van der Waals surface area contributed by atoms with Crippen molar-refractivity contribution in [1.29, 1.82) is 0 Å². The van der Waals surface area contributed by atoms with Gasteiger partial charge in [0.15, 0.2) is 5.13 Å². The quantitative estimate of drug-likeness (QED) is 0.915. The molecular formula is C14H13N3O2S. The van der Waals surface area contributed by atoms with Gasteiger partial charge in [0.25, 0.3) is 5.91 Å². The lowest BCUT2D eigenvalue weighted by atomic mass is 9.93. The Balaban J connectivity index is 1.85. The van der Waals surface area contributed by atoms with E-state index in [1.54, 1.807) is 24.7 Å². The first-order chi connectivity index (χ1) is 9.66. The summed E-state index contributed by atoms with van der Waals surface area (Å²) in [7, 11) is 1.66. The molecule has 0 bridgehead atoms. The van der Waals surface area contributed by atoms with E-state index in [2.05, 4.69) is 10.3 Å². The van der Waals surface area contributed by atoms with Gasteiger partial charge in [-0.2, -0.15) is 0 Å². The highest BCUT2D eigenvalue weighted by Gasteiger charge is 2.34. The fourth-order valence-electron chi connectivity index (χ4n) is 2.33. The summed E-state index contributed by atoms with van der Waals surface area (Å²) in [5, 5.41) is 5.09. The first-order valence-electron chi connectivity index (χ1n) is 6.22. The van der Waals surface area contributed by atoms with E-state index in [0.29, 0.717) is 17.1 Å². The molecule has 1 unspecified atom stereocenters. The SMILES string of the molecule is CN1C(=O)c2ccccc2CC1C(=O)Nc1nccs1. The number of hydrogen-bond donors (Lipinski definition) is 1. The molecule has 0 spiro atoms. The highest BCUT2D eigenvalue weighted by Crippen LogP contribution is 2.23. The Hall–Kier alpha value is -2.21. The summed E-state index contributed by atoms with van der Waals surface area (Å²) >= 11 is 1.36. The molecule has 2 heterocycles. The molecule has 0 saturated carbocycles. The van der Waals surface area contributed by atoms with Crippen LogP contribution < -0.4 is 5.32 Å². The summed E-state index contributed by atoms with van der Waals surface area (Å²) < 4.78 is 0. The largest absolute Gasteiger partial charge is 0.329 e. The third-order valence-corrected chi connectivity index (χ3v) is 4.10. The Morgan fingerprint density at radius 3 is 3.00 bits per heavy atom. The standard InChI is InChI=1S/C14H13N3O2S/c1-17-11(12(18)16-14-15-6-7-20-14)8-9-4-2-3-5-10(9)13(17)19/h2-7,11H,8H2,1H3,(H,15,16,18). The highest BCUT2D eigenvalue weighted by molar-refractivity contribution is 7.13. The molecule has 1 aliphatic rings. The number of nitrogens with one attached hydrogen (secondary N) is 1. The monoisotopic (exact) mass is 287 g/mol. The lowest BCUT2D eigenvalue weighted by Gasteiger charge is -2.32. The van der Waals surface area contributed by atoms with Crippen LogP contribution in [0.3, 0.4) is 0 Å². The number of amides is 2. The van der Waals surface area contributed by atoms with Crippen molar-refractivity contribution in [2.75, 3.05) is 12.4 Å². The molecular weight excluding hydrogens is 274 g/mol. The second kappa shape index (κ2) is 5.05. The third kappa shape index (κ3) is 2.18. The lowest BCUT2D eigenvalue weighted by Crippen LogP contribution is -2.49. The maximum atomic E-state index is 12.3. The Bertz CT molecular complexity index is 654. The second-order valence-electron chi connectivity index (χ2n) is 4.62. The number of carbonyl (C=O) groups is 2. The van der Waals surface area contributed by atoms with E-state index in [0.717, 1.165) is 5.56 Å². The van der Waals surface area contributed by atoms with E-state index in [-0.39, 0.29) is 11.8 Å². The Labute approximate surface area is 120 Å². The van der Waals surface area contributed by atoms with E-state index in [9.17, 15) is 9.59 Å². The van der Waals surface area contributed by atoms with Gasteiger partial charge in [-0.1, -0.05) is 18.2 Å². The summed E-state index contributed by atoms with van der Waals surface area (Å²) in [6.07, 6.45) is 2.15. The lowest BCUT2D eigenvalue weighted by molar-refractivity contribution is -0.120. The van der Waals surface area contributed by atoms with Gasteiger partial charge >= 0.3 is 0 Å². The minimum absolute atomic E-state index is 0.119. The van der Waals surface area contributed by atoms with Crippen LogP contribution in [0.4, 0.5) is 5.13 Å². The molecule has 20 heavy (non-hydrogen) atoms. The van der Waals surface area contributed by atoms with Crippen LogP contribution in [-0.4, -0.2) is 34.8 Å². The molecule has 1 aliphatic heterocycles. The molecule has 6 heteroatoms. The molecule has 1 N–H and O–H groups in total. The molecule has 5 nitrogen and oxygen atoms in total. The molecule has 1 atom stereocenters. The van der Waals surface area contributed by atoms with Crippen molar-refractivity contribution in [3.05, 3.63) is 47.0 Å². The molecule has 2 aromatic rings. The van der Waals surface area contributed by atoms with E-state index in [4.69, 9.17) is 0 Å². The number of fused-ring (bicyclic) bond motifs is 1. The van der Waals surface area contributed by atoms with Crippen molar-refractivity contribution in [3.63, 3.8) is 0 Å². The maximum Gasteiger partial charge on any atom is 0.254 e. The number of thiazole rings is 1. The van der Waals surface area contributed by atoms with Crippen LogP contribution in [0.25, 0.3) is 0 Å². The molecule has 1 aromatic carbocycles. The van der Waals surface area contributed by atoms with Crippen molar-refractivity contribution in [2.24, 2.45) is 0 Å². The predicted molar refractivity (Wildman–Crippen MR) is 76.8 cm³/mol. The van der Waals surface area contributed by atoms with Crippen molar-refractivity contribution >= 4 is 28.3 Å². The van der Waals surface area contributed by atoms with Crippen LogP contribution in [-0.2, 0) is 11.2 Å². The first-order valence-corrected chi connectivity index (χ1v) is 7.10. The van der Waals surface area contributed by atoms with Gasteiger partial charge in [-0.05, 0) is 11.6 Å². The molecule has 0 radical (unpaired) electrons. The average molecular weight is 287 g/mol. The van der Waals surface area contributed by atoms with Crippen LogP contribution in [0, 0.1) is 0 Å². The fourth-order valence-corrected chi connectivity index (χ4v) is 2.86. The van der Waals surface area contributed by atoms with Crippen LogP contribution >= 0.6 is 11.3 Å². The normalized spacial score (nSPS) is 17.8. The zero-order chi connectivity index (χ0) is 14.1. The molecule has 0 saturated heterocycles. The van der Waals surface area contributed by atoms with E-state index in [1.165, 1.54) is 16.2 Å². The van der Waals surface area contributed by atoms with E-state index >= 15 is 0 Å². The zero-order valence-electron chi connectivity index (χ0n) is 10.9. The topological polar surface area (TPSA) is 62.3 Å². The molecule has 1 aromatic heterocycles. The average Bonchev–Trinajstić information content (AvgIpc) is 2.95. The van der Waals surface area contributed by atoms with Crippen LogP contribution in [0.5, 0.6) is 0 Å². The Kier molecular flexibility index (Phi) is 3.23. The minimum Gasteiger partial charge on any atom is -0.329 e. The Morgan fingerprint density at radius 2 is 2.25 bits per heavy atom. The van der Waals surface area contributed by atoms with Gasteiger partial charge in [-0.25, -0.2) is 4.98 Å². The van der Waals surface area contributed by atoms with Gasteiger partial charge in [0.05, 0.1) is 0 Å². The van der Waals surface area contributed by atoms with Crippen molar-refractivity contribution < 1.29 is 9.59 Å². The van der Waals surface area contributed by atoms with Crippen molar-refractivity contribution in [1.82, 2.24) is 9.88 Å². The number of likely N-dealkylation sites (N-methyl/N-ethyl adjacent to an activating group) is 1. The van der Waals surface area contributed by atoms with Gasteiger partial charge in [0.1, 0.15) is 6.04 Å². The molecule has 102 valence electrons. The van der Waals surface area contributed by atoms with Crippen LogP contribution in [0.1, 0.15) is 15.9 Å². The summed E-state index contributed by atoms with van der Waals surface area (Å²) in [6, 6.07) is 6.90. The minimum atomic E-state index is -0.499. The van der Waals surface area contributed by atoms with Gasteiger partial charge in [-0.3, -0.25) is 9.59 Å². The van der Waals surface area contributed by atoms with E-state index in [1.807, 2.05) is 18.2 Å². The highest BCUT2D eigenvalue weighted by atomic mass is 32.1. The van der Waals surface area contributed by atoms with Gasteiger partial charge in [-0.15, -0.1) is 11.3 Å². The third-order valence-electron chi connectivity index (χ3n) is 3.41. The van der Waals surface area contributed by atoms with Crippen molar-refractivity contribution in [3.8, 4) is 0 Å².